The summed E-state index contributed by atoms with van der Waals surface area (Å²) in [5.74, 6) is 2.11. The Morgan fingerprint density at radius 1 is 0.722 bits per heavy atom. The van der Waals surface area contributed by atoms with Crippen LogP contribution in [0, 0.1) is 0 Å². The Labute approximate surface area is 213 Å². The van der Waals surface area contributed by atoms with Gasteiger partial charge >= 0.3 is 0 Å². The fourth-order valence-electron chi connectivity index (χ4n) is 4.67. The van der Waals surface area contributed by atoms with E-state index in [1.807, 2.05) is 42.5 Å². The zero-order valence-electron chi connectivity index (χ0n) is 20.5. The van der Waals surface area contributed by atoms with E-state index in [4.69, 9.17) is 14.2 Å². The van der Waals surface area contributed by atoms with Crippen LogP contribution in [0.3, 0.4) is 0 Å². The van der Waals surface area contributed by atoms with E-state index in [2.05, 4.69) is 72.0 Å². The summed E-state index contributed by atoms with van der Waals surface area (Å²) in [6.07, 6.45) is 5.17. The van der Waals surface area contributed by atoms with E-state index >= 15 is 0 Å². The van der Waals surface area contributed by atoms with E-state index in [-0.39, 0.29) is 6.10 Å². The molecule has 0 amide bonds. The molecule has 0 bridgehead atoms. The molecular weight excluding hydrogens is 446 g/mol. The van der Waals surface area contributed by atoms with Crippen molar-refractivity contribution < 1.29 is 14.2 Å². The van der Waals surface area contributed by atoms with E-state index in [9.17, 15) is 0 Å². The van der Waals surface area contributed by atoms with Gasteiger partial charge in [-0.05, 0) is 77.3 Å². The van der Waals surface area contributed by atoms with Gasteiger partial charge in [-0.2, -0.15) is 0 Å². The minimum absolute atomic E-state index is 0.143. The molecule has 1 aliphatic rings. The predicted octanol–water partition coefficient (Wildman–Crippen LogP) is 6.52. The standard InChI is InChI=1S/C32H33NO3/c1-2-10-29(11-3-1)34-20-6-7-21-35-30-16-14-27(15-17-30)31-18-19-33-23-32(31)36-24-25-12-13-26-8-4-5-9-28(26)22-25/h1-17,22,31-33H,18-21,23-24H2. The number of rotatable bonds is 10. The first-order valence-electron chi connectivity index (χ1n) is 12.7. The number of benzene rings is 4. The van der Waals surface area contributed by atoms with E-state index in [0.29, 0.717) is 25.7 Å². The van der Waals surface area contributed by atoms with Crippen molar-refractivity contribution in [1.29, 1.82) is 0 Å². The first kappa shape index (κ1) is 24.1. The molecule has 4 nitrogen and oxygen atoms in total. The number of ether oxygens (including phenoxy) is 3. The quantitative estimate of drug-likeness (QED) is 0.263. The Kier molecular flexibility index (Phi) is 8.30. The molecule has 0 radical (unpaired) electrons. The highest BCUT2D eigenvalue weighted by Gasteiger charge is 2.27. The van der Waals surface area contributed by atoms with Crippen LogP contribution < -0.4 is 14.8 Å². The average molecular weight is 480 g/mol. The van der Waals surface area contributed by atoms with Crippen molar-refractivity contribution >= 4 is 10.8 Å². The Hall–Kier alpha value is -3.60. The van der Waals surface area contributed by atoms with Crippen molar-refractivity contribution in [2.45, 2.75) is 25.0 Å². The monoisotopic (exact) mass is 479 g/mol. The van der Waals surface area contributed by atoms with E-state index < -0.39 is 0 Å². The smallest absolute Gasteiger partial charge is 0.119 e. The summed E-state index contributed by atoms with van der Waals surface area (Å²) in [5, 5.41) is 6.02. The minimum Gasteiger partial charge on any atom is -0.490 e. The zero-order valence-corrected chi connectivity index (χ0v) is 20.5. The van der Waals surface area contributed by atoms with Crippen molar-refractivity contribution in [1.82, 2.24) is 5.32 Å². The third-order valence-electron chi connectivity index (χ3n) is 6.61. The lowest BCUT2D eigenvalue weighted by atomic mass is 9.87. The maximum absolute atomic E-state index is 6.43. The molecule has 2 unspecified atom stereocenters. The van der Waals surface area contributed by atoms with Crippen LogP contribution in [0.4, 0.5) is 0 Å². The van der Waals surface area contributed by atoms with Gasteiger partial charge in [-0.25, -0.2) is 0 Å². The van der Waals surface area contributed by atoms with Crippen molar-refractivity contribution in [3.05, 3.63) is 120 Å². The SMILES string of the molecule is C(=CCOc1ccc(C2CCNCC2OCc2ccc3ccccc3c2)cc1)COc1ccccc1. The van der Waals surface area contributed by atoms with Gasteiger partial charge in [0.25, 0.3) is 0 Å². The molecule has 4 heteroatoms. The van der Waals surface area contributed by atoms with Gasteiger partial charge in [0, 0.05) is 12.5 Å². The summed E-state index contributed by atoms with van der Waals surface area (Å²) in [4.78, 5) is 0. The van der Waals surface area contributed by atoms with Gasteiger partial charge in [0.15, 0.2) is 0 Å². The Morgan fingerprint density at radius 3 is 2.19 bits per heavy atom. The molecule has 1 saturated heterocycles. The third kappa shape index (κ3) is 6.54. The first-order valence-corrected chi connectivity index (χ1v) is 12.7. The summed E-state index contributed by atoms with van der Waals surface area (Å²) < 4.78 is 18.0. The molecule has 0 spiro atoms. The number of hydrogen-bond donors (Lipinski definition) is 1. The fourth-order valence-corrected chi connectivity index (χ4v) is 4.67. The summed E-state index contributed by atoms with van der Waals surface area (Å²) in [7, 11) is 0. The van der Waals surface area contributed by atoms with Crippen LogP contribution in [0.25, 0.3) is 10.8 Å². The number of fused-ring (bicyclic) bond motifs is 1. The van der Waals surface area contributed by atoms with Gasteiger partial charge < -0.3 is 19.5 Å². The summed E-state index contributed by atoms with van der Waals surface area (Å²) in [6.45, 7) is 3.54. The van der Waals surface area contributed by atoms with Crippen LogP contribution in [0.15, 0.2) is 109 Å². The third-order valence-corrected chi connectivity index (χ3v) is 6.61. The van der Waals surface area contributed by atoms with Crippen LogP contribution in [0.2, 0.25) is 0 Å². The van der Waals surface area contributed by atoms with Gasteiger partial charge in [0.2, 0.25) is 0 Å². The van der Waals surface area contributed by atoms with Gasteiger partial charge in [-0.15, -0.1) is 0 Å². The second-order valence-corrected chi connectivity index (χ2v) is 9.11. The van der Waals surface area contributed by atoms with Crippen molar-refractivity contribution in [2.24, 2.45) is 0 Å². The van der Waals surface area contributed by atoms with E-state index in [0.717, 1.165) is 31.0 Å². The van der Waals surface area contributed by atoms with Gasteiger partial charge in [0.1, 0.15) is 24.7 Å². The molecule has 1 fully saturated rings. The highest BCUT2D eigenvalue weighted by atomic mass is 16.5. The highest BCUT2D eigenvalue weighted by molar-refractivity contribution is 5.82. The number of nitrogens with one attached hydrogen (secondary N) is 1. The second-order valence-electron chi connectivity index (χ2n) is 9.11. The molecule has 36 heavy (non-hydrogen) atoms. The van der Waals surface area contributed by atoms with Crippen LogP contribution in [0.5, 0.6) is 11.5 Å². The molecule has 5 rings (SSSR count). The summed E-state index contributed by atoms with van der Waals surface area (Å²) in [6, 6.07) is 33.3. The molecule has 184 valence electrons. The Morgan fingerprint density at radius 2 is 1.42 bits per heavy atom. The minimum atomic E-state index is 0.143. The molecule has 4 aromatic carbocycles. The Balaban J connectivity index is 1.11. The van der Waals surface area contributed by atoms with Crippen molar-refractivity contribution in [3.8, 4) is 11.5 Å². The molecule has 1 N–H and O–H groups in total. The van der Waals surface area contributed by atoms with Crippen molar-refractivity contribution in [3.63, 3.8) is 0 Å². The largest absolute Gasteiger partial charge is 0.490 e. The van der Waals surface area contributed by atoms with Crippen LogP contribution >= 0.6 is 0 Å². The number of piperidine rings is 1. The summed E-state index contributed by atoms with van der Waals surface area (Å²) >= 11 is 0. The predicted molar refractivity (Wildman–Crippen MR) is 146 cm³/mol. The average Bonchev–Trinajstić information content (AvgIpc) is 2.95. The lowest BCUT2D eigenvalue weighted by Crippen LogP contribution is -2.40. The van der Waals surface area contributed by atoms with E-state index in [1.54, 1.807) is 0 Å². The molecule has 2 atom stereocenters. The molecule has 1 heterocycles. The number of para-hydroxylation sites is 1. The molecule has 0 saturated carbocycles. The van der Waals surface area contributed by atoms with Gasteiger partial charge in [-0.3, -0.25) is 0 Å². The molecule has 0 aliphatic carbocycles. The maximum Gasteiger partial charge on any atom is 0.119 e. The number of hydrogen-bond acceptors (Lipinski definition) is 4. The normalized spacial score (nSPS) is 17.9. The van der Waals surface area contributed by atoms with Crippen molar-refractivity contribution in [2.75, 3.05) is 26.3 Å². The first-order chi connectivity index (χ1) is 17.8. The van der Waals surface area contributed by atoms with E-state index in [1.165, 1.54) is 21.9 Å². The molecular formula is C32H33NO3. The zero-order chi connectivity index (χ0) is 24.4. The van der Waals surface area contributed by atoms with Crippen LogP contribution in [-0.2, 0) is 11.3 Å². The fraction of sp³-hybridized carbons (Fsp3) is 0.250. The lowest BCUT2D eigenvalue weighted by molar-refractivity contribution is 0.0106. The second kappa shape index (κ2) is 12.4. The Bertz CT molecular complexity index is 1250. The summed E-state index contributed by atoms with van der Waals surface area (Å²) in [5.41, 5.74) is 2.52. The highest BCUT2D eigenvalue weighted by Crippen LogP contribution is 2.30. The van der Waals surface area contributed by atoms with Gasteiger partial charge in [-0.1, -0.05) is 66.7 Å². The molecule has 1 aliphatic heterocycles. The van der Waals surface area contributed by atoms with Gasteiger partial charge in [0.05, 0.1) is 12.7 Å². The van der Waals surface area contributed by atoms with Crippen LogP contribution in [-0.4, -0.2) is 32.4 Å². The molecule has 4 aromatic rings. The molecule has 0 aromatic heterocycles. The van der Waals surface area contributed by atoms with Crippen LogP contribution in [0.1, 0.15) is 23.5 Å². The topological polar surface area (TPSA) is 39.7 Å². The lowest BCUT2D eigenvalue weighted by Gasteiger charge is -2.32. The maximum atomic E-state index is 6.43.